The second kappa shape index (κ2) is 7.70. The number of nitrogens with one attached hydrogen (secondary N) is 1. The fourth-order valence-corrected chi connectivity index (χ4v) is 2.73. The van der Waals surface area contributed by atoms with Crippen molar-refractivity contribution < 1.29 is 9.18 Å². The quantitative estimate of drug-likeness (QED) is 0.902. The highest BCUT2D eigenvalue weighted by molar-refractivity contribution is 5.81. The lowest BCUT2D eigenvalue weighted by Gasteiger charge is -2.37. The van der Waals surface area contributed by atoms with Crippen LogP contribution in [0, 0.1) is 5.82 Å². The predicted octanol–water partition coefficient (Wildman–Crippen LogP) is 1.86. The van der Waals surface area contributed by atoms with Gasteiger partial charge in [-0.05, 0) is 38.5 Å². The third kappa shape index (κ3) is 4.78. The maximum absolute atomic E-state index is 12.9. The Morgan fingerprint density at radius 2 is 1.73 bits per heavy atom. The Kier molecular flexibility index (Phi) is 5.91. The van der Waals surface area contributed by atoms with Crippen LogP contribution < -0.4 is 5.32 Å². The van der Waals surface area contributed by atoms with Crippen molar-refractivity contribution in [1.82, 2.24) is 15.1 Å². The Hall–Kier alpha value is -1.46. The molecule has 22 heavy (non-hydrogen) atoms. The summed E-state index contributed by atoms with van der Waals surface area (Å²) in [6, 6.07) is 6.76. The number of hydrogen-bond donors (Lipinski definition) is 1. The van der Waals surface area contributed by atoms with Crippen LogP contribution in [0.3, 0.4) is 0 Å². The Bertz CT molecular complexity index is 481. The molecule has 1 aromatic carbocycles. The second-order valence-corrected chi connectivity index (χ2v) is 6.28. The number of amides is 1. The first kappa shape index (κ1) is 16.9. The highest BCUT2D eigenvalue weighted by Crippen LogP contribution is 2.11. The van der Waals surface area contributed by atoms with Gasteiger partial charge in [0.2, 0.25) is 5.91 Å². The monoisotopic (exact) mass is 307 g/mol. The standard InChI is InChI=1S/C17H26FN3O/c1-13(2)19-17(22)14(3)21-10-8-20(9-11-21)12-15-4-6-16(18)7-5-15/h4-7,13-14H,8-12H2,1-3H3,(H,19,22). The normalized spacial score (nSPS) is 18.4. The van der Waals surface area contributed by atoms with E-state index in [0.29, 0.717) is 0 Å². The lowest BCUT2D eigenvalue weighted by molar-refractivity contribution is -0.127. The molecule has 1 fully saturated rings. The maximum atomic E-state index is 12.9. The molecule has 0 aliphatic carbocycles. The zero-order valence-corrected chi connectivity index (χ0v) is 13.7. The van der Waals surface area contributed by atoms with E-state index in [-0.39, 0.29) is 23.8 Å². The van der Waals surface area contributed by atoms with Crippen molar-refractivity contribution in [2.24, 2.45) is 0 Å². The molecule has 1 atom stereocenters. The van der Waals surface area contributed by atoms with Crippen LogP contribution in [0.25, 0.3) is 0 Å². The second-order valence-electron chi connectivity index (χ2n) is 6.28. The highest BCUT2D eigenvalue weighted by Gasteiger charge is 2.25. The maximum Gasteiger partial charge on any atom is 0.237 e. The van der Waals surface area contributed by atoms with Crippen molar-refractivity contribution in [3.05, 3.63) is 35.6 Å². The molecule has 1 heterocycles. The van der Waals surface area contributed by atoms with E-state index in [1.807, 2.05) is 32.9 Å². The summed E-state index contributed by atoms with van der Waals surface area (Å²) in [5.41, 5.74) is 1.13. The van der Waals surface area contributed by atoms with Crippen LogP contribution in [0.5, 0.6) is 0 Å². The predicted molar refractivity (Wildman–Crippen MR) is 86.0 cm³/mol. The van der Waals surface area contributed by atoms with Gasteiger partial charge in [-0.25, -0.2) is 4.39 Å². The number of hydrogen-bond acceptors (Lipinski definition) is 3. The molecule has 1 saturated heterocycles. The Morgan fingerprint density at radius 3 is 2.27 bits per heavy atom. The SMILES string of the molecule is CC(C)NC(=O)C(C)N1CCN(Cc2ccc(F)cc2)CC1. The molecular formula is C17H26FN3O. The molecule has 1 aromatic rings. The zero-order chi connectivity index (χ0) is 16.1. The number of nitrogens with zero attached hydrogens (tertiary/aromatic N) is 2. The lowest BCUT2D eigenvalue weighted by atomic mass is 10.1. The van der Waals surface area contributed by atoms with Crippen molar-refractivity contribution in [3.63, 3.8) is 0 Å². The topological polar surface area (TPSA) is 35.6 Å². The van der Waals surface area contributed by atoms with Gasteiger partial charge in [0, 0.05) is 38.8 Å². The number of carbonyl (C=O) groups excluding carboxylic acids is 1. The van der Waals surface area contributed by atoms with Crippen LogP contribution in [0.4, 0.5) is 4.39 Å². The van der Waals surface area contributed by atoms with Gasteiger partial charge in [0.25, 0.3) is 0 Å². The van der Waals surface area contributed by atoms with E-state index in [1.165, 1.54) is 12.1 Å². The molecule has 1 amide bonds. The van der Waals surface area contributed by atoms with Gasteiger partial charge < -0.3 is 5.32 Å². The fourth-order valence-electron chi connectivity index (χ4n) is 2.73. The average molecular weight is 307 g/mol. The number of rotatable bonds is 5. The summed E-state index contributed by atoms with van der Waals surface area (Å²) in [6.07, 6.45) is 0. The van der Waals surface area contributed by atoms with Crippen LogP contribution in [-0.2, 0) is 11.3 Å². The van der Waals surface area contributed by atoms with Gasteiger partial charge in [-0.2, -0.15) is 0 Å². The summed E-state index contributed by atoms with van der Waals surface area (Å²) < 4.78 is 12.9. The molecule has 4 nitrogen and oxygen atoms in total. The van der Waals surface area contributed by atoms with Gasteiger partial charge in [0.15, 0.2) is 0 Å². The molecular weight excluding hydrogens is 281 g/mol. The molecule has 0 aromatic heterocycles. The van der Waals surface area contributed by atoms with Crippen molar-refractivity contribution in [1.29, 1.82) is 0 Å². The summed E-state index contributed by atoms with van der Waals surface area (Å²) >= 11 is 0. The molecule has 1 aliphatic rings. The van der Waals surface area contributed by atoms with E-state index >= 15 is 0 Å². The molecule has 1 aliphatic heterocycles. The molecule has 0 saturated carbocycles. The Balaban J connectivity index is 1.80. The minimum atomic E-state index is -0.196. The van der Waals surface area contributed by atoms with Crippen molar-refractivity contribution >= 4 is 5.91 Å². The van der Waals surface area contributed by atoms with Gasteiger partial charge in [0.1, 0.15) is 5.82 Å². The fraction of sp³-hybridized carbons (Fsp3) is 0.588. The van der Waals surface area contributed by atoms with E-state index in [1.54, 1.807) is 0 Å². The molecule has 0 bridgehead atoms. The number of carbonyl (C=O) groups is 1. The number of benzene rings is 1. The third-order valence-corrected chi connectivity index (χ3v) is 4.08. The molecule has 1 N–H and O–H groups in total. The molecule has 0 spiro atoms. The van der Waals surface area contributed by atoms with E-state index in [0.717, 1.165) is 38.3 Å². The van der Waals surface area contributed by atoms with Gasteiger partial charge in [0.05, 0.1) is 6.04 Å². The largest absolute Gasteiger partial charge is 0.353 e. The highest BCUT2D eigenvalue weighted by atomic mass is 19.1. The van der Waals surface area contributed by atoms with E-state index in [2.05, 4.69) is 15.1 Å². The van der Waals surface area contributed by atoms with Crippen LogP contribution in [0.15, 0.2) is 24.3 Å². The summed E-state index contributed by atoms with van der Waals surface area (Å²) in [5, 5.41) is 2.97. The Labute approximate surface area is 132 Å². The van der Waals surface area contributed by atoms with Crippen LogP contribution in [-0.4, -0.2) is 54.0 Å². The smallest absolute Gasteiger partial charge is 0.237 e. The van der Waals surface area contributed by atoms with Crippen molar-refractivity contribution in [3.8, 4) is 0 Å². The van der Waals surface area contributed by atoms with Crippen LogP contribution >= 0.6 is 0 Å². The van der Waals surface area contributed by atoms with Crippen molar-refractivity contribution in [2.45, 2.75) is 39.4 Å². The average Bonchev–Trinajstić information content (AvgIpc) is 2.49. The zero-order valence-electron chi connectivity index (χ0n) is 13.7. The third-order valence-electron chi connectivity index (χ3n) is 4.08. The van der Waals surface area contributed by atoms with Crippen LogP contribution in [0.2, 0.25) is 0 Å². The molecule has 122 valence electrons. The van der Waals surface area contributed by atoms with Gasteiger partial charge in [-0.3, -0.25) is 14.6 Å². The van der Waals surface area contributed by atoms with Gasteiger partial charge in [-0.15, -0.1) is 0 Å². The van der Waals surface area contributed by atoms with Crippen LogP contribution in [0.1, 0.15) is 26.3 Å². The first-order valence-corrected chi connectivity index (χ1v) is 7.97. The van der Waals surface area contributed by atoms with Crippen molar-refractivity contribution in [2.75, 3.05) is 26.2 Å². The lowest BCUT2D eigenvalue weighted by Crippen LogP contribution is -2.54. The van der Waals surface area contributed by atoms with Gasteiger partial charge in [-0.1, -0.05) is 12.1 Å². The van der Waals surface area contributed by atoms with E-state index in [9.17, 15) is 9.18 Å². The summed E-state index contributed by atoms with van der Waals surface area (Å²) in [4.78, 5) is 16.6. The molecule has 1 unspecified atom stereocenters. The number of halogens is 1. The number of piperazine rings is 1. The first-order chi connectivity index (χ1) is 10.5. The first-order valence-electron chi connectivity index (χ1n) is 7.97. The van der Waals surface area contributed by atoms with E-state index in [4.69, 9.17) is 0 Å². The Morgan fingerprint density at radius 1 is 1.14 bits per heavy atom. The molecule has 2 rings (SSSR count). The summed E-state index contributed by atoms with van der Waals surface area (Å²) in [5.74, 6) is -0.0967. The summed E-state index contributed by atoms with van der Waals surface area (Å²) in [7, 11) is 0. The minimum absolute atomic E-state index is 0.0876. The minimum Gasteiger partial charge on any atom is -0.353 e. The molecule has 5 heteroatoms. The van der Waals surface area contributed by atoms with E-state index < -0.39 is 0 Å². The van der Waals surface area contributed by atoms with Gasteiger partial charge >= 0.3 is 0 Å². The summed E-state index contributed by atoms with van der Waals surface area (Å²) in [6.45, 7) is 10.4. The molecule has 0 radical (unpaired) electrons.